The number of carbonyl (C=O) groups is 3. The lowest BCUT2D eigenvalue weighted by Crippen LogP contribution is -2.49. The molecule has 0 unspecified atom stereocenters. The quantitative estimate of drug-likeness (QED) is 0.360. The van der Waals surface area contributed by atoms with E-state index in [1.165, 1.54) is 16.7 Å². The van der Waals surface area contributed by atoms with Gasteiger partial charge in [0.15, 0.2) is 11.0 Å². The lowest BCUT2D eigenvalue weighted by molar-refractivity contribution is -0.128. The van der Waals surface area contributed by atoms with E-state index in [9.17, 15) is 14.4 Å². The Hall–Kier alpha value is -4.11. The van der Waals surface area contributed by atoms with Gasteiger partial charge < -0.3 is 14.2 Å². The van der Waals surface area contributed by atoms with Crippen molar-refractivity contribution in [3.05, 3.63) is 90.0 Å². The maximum absolute atomic E-state index is 13.2. The van der Waals surface area contributed by atoms with E-state index in [1.54, 1.807) is 31.4 Å². The van der Waals surface area contributed by atoms with Gasteiger partial charge in [-0.25, -0.2) is 4.99 Å². The fourth-order valence-corrected chi connectivity index (χ4v) is 5.16. The predicted molar refractivity (Wildman–Crippen MR) is 146 cm³/mol. The van der Waals surface area contributed by atoms with Crippen LogP contribution in [-0.2, 0) is 9.59 Å². The second kappa shape index (κ2) is 10.9. The molecule has 1 saturated heterocycles. The van der Waals surface area contributed by atoms with Crippen molar-refractivity contribution in [3.8, 4) is 0 Å². The molecule has 8 nitrogen and oxygen atoms in total. The highest BCUT2D eigenvalue weighted by molar-refractivity contribution is 8.14. The van der Waals surface area contributed by atoms with Gasteiger partial charge in [-0.05, 0) is 55.5 Å². The molecule has 5 rings (SSSR count). The minimum absolute atomic E-state index is 0.00297. The Morgan fingerprint density at radius 2 is 1.68 bits per heavy atom. The van der Waals surface area contributed by atoms with Crippen LogP contribution in [0.5, 0.6) is 0 Å². The van der Waals surface area contributed by atoms with Crippen LogP contribution in [0.2, 0.25) is 0 Å². The Kier molecular flexibility index (Phi) is 7.23. The number of Topliss-reactive ketones (excluding diaryl/α,β-unsaturated/α-hetero) is 1. The summed E-state index contributed by atoms with van der Waals surface area (Å²) in [7, 11) is 0. The van der Waals surface area contributed by atoms with E-state index < -0.39 is 0 Å². The van der Waals surface area contributed by atoms with Crippen LogP contribution in [0.15, 0.2) is 88.1 Å². The third-order valence-electron chi connectivity index (χ3n) is 6.26. The van der Waals surface area contributed by atoms with E-state index in [-0.39, 0.29) is 29.0 Å². The molecular weight excluding hydrogens is 488 g/mol. The summed E-state index contributed by atoms with van der Waals surface area (Å²) in [4.78, 5) is 47.9. The van der Waals surface area contributed by atoms with E-state index in [0.717, 1.165) is 5.69 Å². The first kappa shape index (κ1) is 24.6. The lowest BCUT2D eigenvalue weighted by Gasteiger charge is -2.36. The van der Waals surface area contributed by atoms with Gasteiger partial charge in [-0.2, -0.15) is 0 Å². The smallest absolute Gasteiger partial charge is 0.283 e. The molecular formula is C28H26N4O4S. The van der Waals surface area contributed by atoms with Gasteiger partial charge in [-0.3, -0.25) is 19.3 Å². The van der Waals surface area contributed by atoms with E-state index >= 15 is 0 Å². The highest BCUT2D eigenvalue weighted by Crippen LogP contribution is 2.29. The summed E-state index contributed by atoms with van der Waals surface area (Å²) in [5, 5.41) is 0.464. The van der Waals surface area contributed by atoms with Crippen molar-refractivity contribution in [1.29, 1.82) is 0 Å². The Morgan fingerprint density at radius 3 is 2.32 bits per heavy atom. The summed E-state index contributed by atoms with van der Waals surface area (Å²) in [5.74, 6) is 0.500. The molecule has 37 heavy (non-hydrogen) atoms. The van der Waals surface area contributed by atoms with Crippen LogP contribution in [-0.4, -0.2) is 59.6 Å². The summed E-state index contributed by atoms with van der Waals surface area (Å²) >= 11 is 1.26. The number of aliphatic imine (C=N–C) groups is 1. The fourth-order valence-electron chi connectivity index (χ4n) is 4.24. The van der Waals surface area contributed by atoms with Gasteiger partial charge in [-0.1, -0.05) is 30.0 Å². The highest BCUT2D eigenvalue weighted by atomic mass is 32.2. The molecule has 0 radical (unpaired) electrons. The van der Waals surface area contributed by atoms with Gasteiger partial charge in [0.1, 0.15) is 11.5 Å². The fraction of sp³-hybridized carbons (Fsp3) is 0.214. The first-order valence-corrected chi connectivity index (χ1v) is 13.0. The van der Waals surface area contributed by atoms with Crippen molar-refractivity contribution >= 4 is 52.0 Å². The SMILES string of the molecule is CC(=O)c1ccc(N2CCN(C(=O)CSC3=N/C(=C/c4ccco4)C(=O)N3c3ccccc3)CC2)cc1. The molecule has 2 amide bonds. The number of amidine groups is 1. The molecule has 9 heteroatoms. The average Bonchev–Trinajstić information content (AvgIpc) is 3.55. The zero-order chi connectivity index (χ0) is 25.8. The largest absolute Gasteiger partial charge is 0.465 e. The van der Waals surface area contributed by atoms with E-state index in [4.69, 9.17) is 4.42 Å². The molecule has 1 aromatic heterocycles. The normalized spacial score (nSPS) is 16.9. The van der Waals surface area contributed by atoms with Crippen LogP contribution in [0.4, 0.5) is 11.4 Å². The number of thioether (sulfide) groups is 1. The molecule has 2 aliphatic rings. The van der Waals surface area contributed by atoms with Crippen molar-refractivity contribution in [3.63, 3.8) is 0 Å². The molecule has 0 bridgehead atoms. The number of piperazine rings is 1. The van der Waals surface area contributed by atoms with Crippen LogP contribution in [0.25, 0.3) is 6.08 Å². The number of benzene rings is 2. The molecule has 3 aromatic rings. The van der Waals surface area contributed by atoms with Crippen LogP contribution in [0.3, 0.4) is 0 Å². The second-order valence-electron chi connectivity index (χ2n) is 8.68. The average molecular weight is 515 g/mol. The Labute approximate surface area is 219 Å². The lowest BCUT2D eigenvalue weighted by atomic mass is 10.1. The number of hydrogen-bond donors (Lipinski definition) is 0. The van der Waals surface area contributed by atoms with E-state index in [0.29, 0.717) is 48.4 Å². The number of ketones is 1. The maximum atomic E-state index is 13.2. The van der Waals surface area contributed by atoms with Crippen LogP contribution in [0.1, 0.15) is 23.0 Å². The molecule has 0 N–H and O–H groups in total. The van der Waals surface area contributed by atoms with Crippen molar-refractivity contribution in [2.24, 2.45) is 4.99 Å². The first-order chi connectivity index (χ1) is 18.0. The molecule has 0 atom stereocenters. The summed E-state index contributed by atoms with van der Waals surface area (Å²) in [6.45, 7) is 4.18. The zero-order valence-electron chi connectivity index (χ0n) is 20.4. The van der Waals surface area contributed by atoms with Gasteiger partial charge in [0.25, 0.3) is 5.91 Å². The Balaban J connectivity index is 1.23. The van der Waals surface area contributed by atoms with Crippen molar-refractivity contribution in [1.82, 2.24) is 4.90 Å². The van der Waals surface area contributed by atoms with Crippen LogP contribution in [0, 0.1) is 0 Å². The molecule has 0 aliphatic carbocycles. The van der Waals surface area contributed by atoms with Gasteiger partial charge in [0, 0.05) is 43.5 Å². The van der Waals surface area contributed by atoms with Gasteiger partial charge in [-0.15, -0.1) is 0 Å². The van der Waals surface area contributed by atoms with E-state index in [1.807, 2.05) is 59.5 Å². The predicted octanol–water partition coefficient (Wildman–Crippen LogP) is 4.31. The van der Waals surface area contributed by atoms with Gasteiger partial charge in [0.05, 0.1) is 17.7 Å². The third kappa shape index (κ3) is 5.51. The molecule has 2 aromatic carbocycles. The number of amides is 2. The van der Waals surface area contributed by atoms with Gasteiger partial charge >= 0.3 is 0 Å². The van der Waals surface area contributed by atoms with Crippen molar-refractivity contribution < 1.29 is 18.8 Å². The van der Waals surface area contributed by atoms with Crippen molar-refractivity contribution in [2.45, 2.75) is 6.92 Å². The van der Waals surface area contributed by atoms with Crippen LogP contribution < -0.4 is 9.80 Å². The number of furan rings is 1. The third-order valence-corrected chi connectivity index (χ3v) is 7.19. The van der Waals surface area contributed by atoms with Crippen molar-refractivity contribution in [2.75, 3.05) is 41.7 Å². The Morgan fingerprint density at radius 1 is 0.946 bits per heavy atom. The summed E-state index contributed by atoms with van der Waals surface area (Å²) in [6.07, 6.45) is 3.15. The number of para-hydroxylation sites is 1. The number of nitrogens with zero attached hydrogens (tertiary/aromatic N) is 4. The van der Waals surface area contributed by atoms with Gasteiger partial charge in [0.2, 0.25) is 5.91 Å². The molecule has 3 heterocycles. The second-order valence-corrected chi connectivity index (χ2v) is 9.62. The van der Waals surface area contributed by atoms with Crippen LogP contribution >= 0.6 is 11.8 Å². The minimum Gasteiger partial charge on any atom is -0.465 e. The molecule has 2 aliphatic heterocycles. The number of carbonyl (C=O) groups excluding carboxylic acids is 3. The number of anilines is 2. The number of rotatable bonds is 6. The van der Waals surface area contributed by atoms with E-state index in [2.05, 4.69) is 9.89 Å². The molecule has 0 spiro atoms. The standard InChI is InChI=1S/C28H26N4O4S/c1-20(33)21-9-11-22(12-10-21)30-13-15-31(16-14-30)26(34)19-37-28-29-25(18-24-8-5-17-36-24)27(35)32(28)23-6-3-2-4-7-23/h2-12,17-18H,13-16,19H2,1H3/b25-18+. The molecule has 0 saturated carbocycles. The maximum Gasteiger partial charge on any atom is 0.283 e. The monoisotopic (exact) mass is 514 g/mol. The highest BCUT2D eigenvalue weighted by Gasteiger charge is 2.33. The first-order valence-electron chi connectivity index (χ1n) is 12.0. The summed E-state index contributed by atoms with van der Waals surface area (Å²) in [6, 6.07) is 20.4. The molecule has 188 valence electrons. The number of hydrogen-bond acceptors (Lipinski definition) is 7. The summed E-state index contributed by atoms with van der Waals surface area (Å²) in [5.41, 5.74) is 2.69. The topological polar surface area (TPSA) is 86.4 Å². The Bertz CT molecular complexity index is 1340. The molecule has 1 fully saturated rings. The minimum atomic E-state index is -0.262. The summed E-state index contributed by atoms with van der Waals surface area (Å²) < 4.78 is 5.35. The zero-order valence-corrected chi connectivity index (χ0v) is 21.2.